The fraction of sp³-hybridized carbons (Fsp3) is 0.409. The van der Waals surface area contributed by atoms with Crippen molar-refractivity contribution in [2.45, 2.75) is 12.8 Å². The summed E-state index contributed by atoms with van der Waals surface area (Å²) in [5.74, 6) is 2.05. The third-order valence-electron chi connectivity index (χ3n) is 5.14. The van der Waals surface area contributed by atoms with E-state index in [1.807, 2.05) is 30.3 Å². The minimum absolute atomic E-state index is 0.158. The Morgan fingerprint density at radius 3 is 2.75 bits per heavy atom. The molecule has 28 heavy (non-hydrogen) atoms. The summed E-state index contributed by atoms with van der Waals surface area (Å²) in [5.41, 5.74) is 1.87. The van der Waals surface area contributed by atoms with Gasteiger partial charge in [0.05, 0.1) is 12.8 Å². The number of anilines is 1. The molecule has 2 aromatic rings. The fourth-order valence-corrected chi connectivity index (χ4v) is 3.59. The third kappa shape index (κ3) is 5.15. The summed E-state index contributed by atoms with van der Waals surface area (Å²) in [7, 11) is 3.47. The van der Waals surface area contributed by atoms with Crippen LogP contribution in [0, 0.1) is 11.7 Å². The molecule has 1 unspecified atom stereocenters. The Labute approximate surface area is 166 Å². The summed E-state index contributed by atoms with van der Waals surface area (Å²) in [6, 6.07) is 15.0. The zero-order valence-electron chi connectivity index (χ0n) is 16.6. The van der Waals surface area contributed by atoms with Gasteiger partial charge in [-0.15, -0.1) is 0 Å². The molecule has 3 rings (SSSR count). The first-order chi connectivity index (χ1) is 13.7. The number of hydrogen-bond acceptors (Lipinski definition) is 3. The number of methoxy groups -OCH3 is 1. The average Bonchev–Trinajstić information content (AvgIpc) is 3.20. The Bertz CT molecular complexity index is 796. The van der Waals surface area contributed by atoms with E-state index >= 15 is 0 Å². The molecule has 2 aromatic carbocycles. The number of benzene rings is 2. The maximum absolute atomic E-state index is 13.7. The van der Waals surface area contributed by atoms with Gasteiger partial charge in [0, 0.05) is 33.2 Å². The number of nitrogens with zero attached hydrogens (tertiary/aromatic N) is 2. The Morgan fingerprint density at radius 2 is 1.96 bits per heavy atom. The molecule has 150 valence electrons. The Morgan fingerprint density at radius 1 is 1.18 bits per heavy atom. The molecule has 0 spiro atoms. The minimum atomic E-state index is -0.158. The number of para-hydroxylation sites is 2. The van der Waals surface area contributed by atoms with Gasteiger partial charge in [0.2, 0.25) is 0 Å². The summed E-state index contributed by atoms with van der Waals surface area (Å²) in [6.07, 6.45) is 1.75. The molecule has 1 fully saturated rings. The lowest BCUT2D eigenvalue weighted by Gasteiger charge is -2.21. The zero-order valence-corrected chi connectivity index (χ0v) is 16.6. The molecular formula is C22H29FN4O. The van der Waals surface area contributed by atoms with Crippen molar-refractivity contribution in [3.8, 4) is 5.75 Å². The number of rotatable bonds is 7. The number of nitrogens with one attached hydrogen (secondary N) is 2. The van der Waals surface area contributed by atoms with Gasteiger partial charge in [-0.05, 0) is 42.5 Å². The summed E-state index contributed by atoms with van der Waals surface area (Å²) < 4.78 is 19.2. The van der Waals surface area contributed by atoms with Gasteiger partial charge in [-0.1, -0.05) is 30.3 Å². The highest BCUT2D eigenvalue weighted by Crippen LogP contribution is 2.31. The van der Waals surface area contributed by atoms with Crippen molar-refractivity contribution < 1.29 is 9.13 Å². The van der Waals surface area contributed by atoms with Crippen LogP contribution >= 0.6 is 0 Å². The molecule has 5 nitrogen and oxygen atoms in total. The highest BCUT2D eigenvalue weighted by molar-refractivity contribution is 5.79. The Balaban J connectivity index is 1.44. The fourth-order valence-electron chi connectivity index (χ4n) is 3.59. The molecule has 0 aliphatic carbocycles. The first-order valence-electron chi connectivity index (χ1n) is 9.77. The van der Waals surface area contributed by atoms with Crippen LogP contribution < -0.4 is 20.3 Å². The summed E-state index contributed by atoms with van der Waals surface area (Å²) in [4.78, 5) is 6.65. The number of hydrogen-bond donors (Lipinski definition) is 2. The van der Waals surface area contributed by atoms with E-state index in [4.69, 9.17) is 4.74 Å². The highest BCUT2D eigenvalue weighted by Gasteiger charge is 2.24. The van der Waals surface area contributed by atoms with Crippen LogP contribution in [0.3, 0.4) is 0 Å². The molecule has 1 atom stereocenters. The summed E-state index contributed by atoms with van der Waals surface area (Å²) >= 11 is 0. The van der Waals surface area contributed by atoms with Gasteiger partial charge in [-0.25, -0.2) is 4.39 Å². The van der Waals surface area contributed by atoms with Crippen LogP contribution in [0.4, 0.5) is 10.1 Å². The minimum Gasteiger partial charge on any atom is -0.495 e. The second-order valence-corrected chi connectivity index (χ2v) is 6.99. The van der Waals surface area contributed by atoms with Crippen molar-refractivity contribution in [3.63, 3.8) is 0 Å². The van der Waals surface area contributed by atoms with Gasteiger partial charge in [-0.3, -0.25) is 4.99 Å². The van der Waals surface area contributed by atoms with E-state index in [9.17, 15) is 4.39 Å². The molecule has 0 bridgehead atoms. The maximum Gasteiger partial charge on any atom is 0.190 e. The van der Waals surface area contributed by atoms with Crippen molar-refractivity contribution in [3.05, 3.63) is 59.9 Å². The van der Waals surface area contributed by atoms with Gasteiger partial charge < -0.3 is 20.3 Å². The van der Waals surface area contributed by atoms with Gasteiger partial charge in [-0.2, -0.15) is 0 Å². The molecule has 1 saturated heterocycles. The normalized spacial score (nSPS) is 16.9. The van der Waals surface area contributed by atoms with Gasteiger partial charge in [0.15, 0.2) is 5.96 Å². The van der Waals surface area contributed by atoms with Crippen molar-refractivity contribution >= 4 is 11.6 Å². The van der Waals surface area contributed by atoms with Crippen LogP contribution in [-0.4, -0.2) is 46.3 Å². The predicted molar refractivity (Wildman–Crippen MR) is 113 cm³/mol. The lowest BCUT2D eigenvalue weighted by Crippen LogP contribution is -2.41. The number of halogens is 1. The van der Waals surface area contributed by atoms with Crippen molar-refractivity contribution in [2.24, 2.45) is 10.9 Å². The van der Waals surface area contributed by atoms with E-state index in [0.29, 0.717) is 24.4 Å². The lowest BCUT2D eigenvalue weighted by atomic mass is 10.1. The largest absolute Gasteiger partial charge is 0.495 e. The Kier molecular flexibility index (Phi) is 7.12. The van der Waals surface area contributed by atoms with E-state index in [1.54, 1.807) is 20.2 Å². The van der Waals surface area contributed by atoms with Crippen molar-refractivity contribution in [2.75, 3.05) is 45.2 Å². The van der Waals surface area contributed by atoms with Crippen LogP contribution in [0.25, 0.3) is 0 Å². The second-order valence-electron chi connectivity index (χ2n) is 6.99. The SMILES string of the molecule is CN=C(NCCc1ccccc1F)NCC1CCN(c2ccccc2OC)C1. The van der Waals surface area contributed by atoms with Crippen molar-refractivity contribution in [1.82, 2.24) is 10.6 Å². The molecule has 1 aliphatic rings. The summed E-state index contributed by atoms with van der Waals surface area (Å²) in [5, 5.41) is 6.67. The molecule has 0 radical (unpaired) electrons. The zero-order chi connectivity index (χ0) is 19.8. The van der Waals surface area contributed by atoms with Gasteiger partial charge in [0.1, 0.15) is 11.6 Å². The standard InChI is InChI=1S/C22H29FN4O/c1-24-22(25-13-11-18-7-3-4-8-19(18)23)26-15-17-12-14-27(16-17)20-9-5-6-10-21(20)28-2/h3-10,17H,11-16H2,1-2H3,(H2,24,25,26). The van der Waals surface area contributed by atoms with Crippen LogP contribution in [-0.2, 0) is 6.42 Å². The number of guanidine groups is 1. The molecule has 1 aliphatic heterocycles. The van der Waals surface area contributed by atoms with E-state index in [1.165, 1.54) is 6.07 Å². The van der Waals surface area contributed by atoms with Gasteiger partial charge >= 0.3 is 0 Å². The number of aliphatic imine (C=N–C) groups is 1. The quantitative estimate of drug-likeness (QED) is 0.569. The van der Waals surface area contributed by atoms with E-state index in [0.717, 1.165) is 43.5 Å². The first-order valence-corrected chi connectivity index (χ1v) is 9.77. The molecule has 2 N–H and O–H groups in total. The van der Waals surface area contributed by atoms with Crippen molar-refractivity contribution in [1.29, 1.82) is 0 Å². The van der Waals surface area contributed by atoms with Crippen LogP contribution in [0.1, 0.15) is 12.0 Å². The highest BCUT2D eigenvalue weighted by atomic mass is 19.1. The molecule has 1 heterocycles. The first kappa shape index (κ1) is 20.0. The molecule has 0 aromatic heterocycles. The monoisotopic (exact) mass is 384 g/mol. The van der Waals surface area contributed by atoms with Gasteiger partial charge in [0.25, 0.3) is 0 Å². The van der Waals surface area contributed by atoms with E-state index in [2.05, 4.69) is 26.6 Å². The maximum atomic E-state index is 13.7. The van der Waals surface area contributed by atoms with Crippen LogP contribution in [0.15, 0.2) is 53.5 Å². The van der Waals surface area contributed by atoms with E-state index < -0.39 is 0 Å². The summed E-state index contributed by atoms with van der Waals surface area (Å²) in [6.45, 7) is 3.50. The van der Waals surface area contributed by atoms with Crippen LogP contribution in [0.2, 0.25) is 0 Å². The number of ether oxygens (including phenoxy) is 1. The smallest absolute Gasteiger partial charge is 0.190 e. The topological polar surface area (TPSA) is 48.9 Å². The van der Waals surface area contributed by atoms with Crippen LogP contribution in [0.5, 0.6) is 5.75 Å². The predicted octanol–water partition coefficient (Wildman–Crippen LogP) is 3.07. The molecule has 0 saturated carbocycles. The molecular weight excluding hydrogens is 355 g/mol. The molecule has 0 amide bonds. The average molecular weight is 384 g/mol. The lowest BCUT2D eigenvalue weighted by molar-refractivity contribution is 0.414. The molecule has 6 heteroatoms. The second kappa shape index (κ2) is 9.97. The van der Waals surface area contributed by atoms with E-state index in [-0.39, 0.29) is 5.82 Å². The Hall–Kier alpha value is -2.76. The third-order valence-corrected chi connectivity index (χ3v) is 5.14.